The summed E-state index contributed by atoms with van der Waals surface area (Å²) in [6, 6.07) is 64.2. The van der Waals surface area contributed by atoms with Crippen LogP contribution in [0.25, 0.3) is 78.5 Å². The second kappa shape index (κ2) is 14.4. The molecular formula is C60H40N4O2S. The summed E-state index contributed by atoms with van der Waals surface area (Å²) in [5, 5.41) is 0. The molecule has 0 N–H and O–H groups in total. The molecule has 3 aromatic heterocycles. The average Bonchev–Trinajstić information content (AvgIpc) is 3.54. The van der Waals surface area contributed by atoms with Crippen molar-refractivity contribution in [2.75, 3.05) is 0 Å². The van der Waals surface area contributed by atoms with Gasteiger partial charge in [0.15, 0.2) is 5.82 Å². The third-order valence-corrected chi connectivity index (χ3v) is 16.1. The Labute approximate surface area is 389 Å². The van der Waals surface area contributed by atoms with Crippen molar-refractivity contribution in [1.29, 1.82) is 0 Å². The molecule has 7 aromatic carbocycles. The van der Waals surface area contributed by atoms with Crippen molar-refractivity contribution in [2.45, 2.75) is 34.5 Å². The predicted octanol–water partition coefficient (Wildman–Crippen LogP) is 13.4. The highest BCUT2D eigenvalue weighted by atomic mass is 32.2. The van der Waals surface area contributed by atoms with Crippen LogP contribution < -0.4 is 0 Å². The molecule has 0 radical (unpaired) electrons. The molecule has 4 heterocycles. The molecule has 10 aromatic rings. The van der Waals surface area contributed by atoms with Gasteiger partial charge in [-0.1, -0.05) is 147 Å². The molecule has 318 valence electrons. The first-order valence-electron chi connectivity index (χ1n) is 22.5. The fourth-order valence-corrected chi connectivity index (χ4v) is 13.0. The first-order valence-corrected chi connectivity index (χ1v) is 24.0. The van der Waals surface area contributed by atoms with Crippen LogP contribution in [-0.4, -0.2) is 28.4 Å². The number of hydrogen-bond donors (Lipinski definition) is 0. The third kappa shape index (κ3) is 5.65. The first kappa shape index (κ1) is 39.3. The van der Waals surface area contributed by atoms with Gasteiger partial charge >= 0.3 is 0 Å². The molecule has 1 unspecified atom stereocenters. The van der Waals surface area contributed by atoms with Crippen LogP contribution in [0.3, 0.4) is 0 Å². The van der Waals surface area contributed by atoms with Crippen molar-refractivity contribution in [3.05, 3.63) is 240 Å². The number of rotatable bonds is 4. The van der Waals surface area contributed by atoms with E-state index < -0.39 is 20.7 Å². The Morgan fingerprint density at radius 1 is 0.388 bits per heavy atom. The Kier molecular flexibility index (Phi) is 8.46. The van der Waals surface area contributed by atoms with Gasteiger partial charge in [-0.15, -0.1) is 0 Å². The SMILES string of the molecule is CC1(C)c2ccccc2-c2cc3c(cc21)S(=O)(=O)c1ccccc1C31c2ccccc2-c2ccccc2-c2ccc(-c3cc(-c4ccccc4)nc(-c4ccc(-c5cccnc5)nc4)n3)cc21. The number of hydrogen-bond acceptors (Lipinski definition) is 6. The van der Waals surface area contributed by atoms with Gasteiger partial charge in [-0.3, -0.25) is 9.97 Å². The maximum atomic E-state index is 15.4. The van der Waals surface area contributed by atoms with Gasteiger partial charge in [-0.25, -0.2) is 18.4 Å². The maximum absolute atomic E-state index is 15.4. The van der Waals surface area contributed by atoms with Crippen molar-refractivity contribution in [3.8, 4) is 78.5 Å². The highest BCUT2D eigenvalue weighted by Gasteiger charge is 2.53. The molecule has 0 amide bonds. The van der Waals surface area contributed by atoms with Crippen LogP contribution in [0.1, 0.15) is 47.2 Å². The second-order valence-corrected chi connectivity index (χ2v) is 20.1. The van der Waals surface area contributed by atoms with E-state index in [-0.39, 0.29) is 0 Å². The van der Waals surface area contributed by atoms with Gasteiger partial charge in [0.2, 0.25) is 9.84 Å². The number of benzene rings is 7. The van der Waals surface area contributed by atoms with Gasteiger partial charge in [0.1, 0.15) is 0 Å². The minimum Gasteiger partial charge on any atom is -0.264 e. The van der Waals surface area contributed by atoms with Crippen molar-refractivity contribution in [3.63, 3.8) is 0 Å². The number of aromatic nitrogens is 4. The van der Waals surface area contributed by atoms with Crippen molar-refractivity contribution >= 4 is 9.84 Å². The summed E-state index contributed by atoms with van der Waals surface area (Å²) in [5.41, 5.74) is 16.4. The lowest BCUT2D eigenvalue weighted by Gasteiger charge is -2.43. The lowest BCUT2D eigenvalue weighted by molar-refractivity contribution is 0.577. The van der Waals surface area contributed by atoms with E-state index in [4.69, 9.17) is 15.0 Å². The smallest absolute Gasteiger partial charge is 0.207 e. The van der Waals surface area contributed by atoms with Gasteiger partial charge in [0.25, 0.3) is 0 Å². The highest BCUT2D eigenvalue weighted by molar-refractivity contribution is 7.91. The van der Waals surface area contributed by atoms with Crippen LogP contribution >= 0.6 is 0 Å². The quantitative estimate of drug-likeness (QED) is 0.175. The molecule has 0 saturated carbocycles. The van der Waals surface area contributed by atoms with E-state index in [0.29, 0.717) is 15.6 Å². The molecule has 13 rings (SSSR count). The molecule has 3 aliphatic rings. The van der Waals surface area contributed by atoms with Crippen LogP contribution in [0.15, 0.2) is 216 Å². The van der Waals surface area contributed by atoms with Crippen molar-refractivity contribution < 1.29 is 8.42 Å². The Hall–Kier alpha value is -8.13. The van der Waals surface area contributed by atoms with E-state index in [1.165, 1.54) is 5.56 Å². The van der Waals surface area contributed by atoms with Crippen molar-refractivity contribution in [1.82, 2.24) is 19.9 Å². The molecule has 67 heavy (non-hydrogen) atoms. The Bertz CT molecular complexity index is 3790. The molecule has 6 nitrogen and oxygen atoms in total. The third-order valence-electron chi connectivity index (χ3n) is 14.3. The first-order chi connectivity index (χ1) is 32.7. The summed E-state index contributed by atoms with van der Waals surface area (Å²) in [6.45, 7) is 4.40. The fraction of sp³-hybridized carbons (Fsp3) is 0.0667. The van der Waals surface area contributed by atoms with E-state index in [1.807, 2.05) is 72.9 Å². The molecular weight excluding hydrogens is 841 g/mol. The lowest BCUT2D eigenvalue weighted by Crippen LogP contribution is -2.38. The molecule has 1 spiro atoms. The molecule has 2 aliphatic carbocycles. The normalized spacial score (nSPS) is 16.3. The van der Waals surface area contributed by atoms with Crippen LogP contribution in [0.5, 0.6) is 0 Å². The molecule has 0 bridgehead atoms. The number of nitrogens with zero attached hydrogens (tertiary/aromatic N) is 4. The Morgan fingerprint density at radius 3 is 1.72 bits per heavy atom. The van der Waals surface area contributed by atoms with Gasteiger partial charge < -0.3 is 0 Å². The lowest BCUT2D eigenvalue weighted by atomic mass is 9.62. The largest absolute Gasteiger partial charge is 0.264 e. The van der Waals surface area contributed by atoms with E-state index in [0.717, 1.165) is 101 Å². The average molecular weight is 881 g/mol. The summed E-state index contributed by atoms with van der Waals surface area (Å²) in [6.07, 6.45) is 5.38. The molecule has 1 aliphatic heterocycles. The van der Waals surface area contributed by atoms with Crippen LogP contribution in [0.4, 0.5) is 0 Å². The van der Waals surface area contributed by atoms with E-state index in [2.05, 4.69) is 134 Å². The van der Waals surface area contributed by atoms with E-state index in [1.54, 1.807) is 18.5 Å². The molecule has 1 atom stereocenters. The molecule has 0 fully saturated rings. The van der Waals surface area contributed by atoms with E-state index in [9.17, 15) is 0 Å². The standard InChI is InChI=1S/C60H40N4O2S/c1-59(2)47-22-10-8-21-44(47)46-32-52-57(33-50(46)59)67(65,66)56-25-13-12-24-49(56)60(52)48-23-11-9-20-43(48)41-18-6-7-19-42(41)45-28-26-38(31-51(45)60)55-34-54(37-15-4-3-5-16-37)63-58(64-55)40-27-29-53(62-36-40)39-17-14-30-61-35-39/h3-36H,1-2H3. The van der Waals surface area contributed by atoms with Gasteiger partial charge in [0.05, 0.1) is 32.3 Å². The second-order valence-electron chi connectivity index (χ2n) is 18.2. The van der Waals surface area contributed by atoms with Crippen LogP contribution in [-0.2, 0) is 20.7 Å². The fourth-order valence-electron chi connectivity index (χ4n) is 11.2. The summed E-state index contributed by atoms with van der Waals surface area (Å²) in [4.78, 5) is 20.3. The zero-order valence-electron chi connectivity index (χ0n) is 36.6. The number of fused-ring (bicyclic) bond motifs is 14. The number of pyridine rings is 2. The topological polar surface area (TPSA) is 85.7 Å². The van der Waals surface area contributed by atoms with E-state index >= 15 is 8.42 Å². The van der Waals surface area contributed by atoms with Crippen molar-refractivity contribution in [2.24, 2.45) is 0 Å². The predicted molar refractivity (Wildman–Crippen MR) is 265 cm³/mol. The Morgan fingerprint density at radius 2 is 1.00 bits per heavy atom. The molecule has 7 heteroatoms. The zero-order chi connectivity index (χ0) is 45.1. The minimum atomic E-state index is -4.01. The summed E-state index contributed by atoms with van der Waals surface area (Å²) in [7, 11) is -4.01. The summed E-state index contributed by atoms with van der Waals surface area (Å²) < 4.78 is 30.9. The monoisotopic (exact) mass is 880 g/mol. The molecule has 0 saturated heterocycles. The summed E-state index contributed by atoms with van der Waals surface area (Å²) >= 11 is 0. The van der Waals surface area contributed by atoms with Gasteiger partial charge in [-0.05, 0) is 121 Å². The van der Waals surface area contributed by atoms with Gasteiger partial charge in [0, 0.05) is 46.3 Å². The maximum Gasteiger partial charge on any atom is 0.207 e. The van der Waals surface area contributed by atoms with Crippen LogP contribution in [0.2, 0.25) is 0 Å². The zero-order valence-corrected chi connectivity index (χ0v) is 37.5. The highest BCUT2D eigenvalue weighted by Crippen LogP contribution is 2.62. The van der Waals surface area contributed by atoms with Crippen LogP contribution in [0, 0.1) is 0 Å². The number of sulfone groups is 1. The van der Waals surface area contributed by atoms with Gasteiger partial charge in [-0.2, -0.15) is 0 Å². The Balaban J connectivity index is 1.13. The minimum absolute atomic E-state index is 0.311. The summed E-state index contributed by atoms with van der Waals surface area (Å²) in [5.74, 6) is 0.540.